The lowest BCUT2D eigenvalue weighted by atomic mass is 10.1. The fourth-order valence-electron chi connectivity index (χ4n) is 2.99. The summed E-state index contributed by atoms with van der Waals surface area (Å²) in [5, 5.41) is 13.0. The summed E-state index contributed by atoms with van der Waals surface area (Å²) in [4.78, 5) is 16.5. The van der Waals surface area contributed by atoms with Crippen molar-refractivity contribution in [2.24, 2.45) is 0 Å². The minimum absolute atomic E-state index is 0.0735. The van der Waals surface area contributed by atoms with Gasteiger partial charge in [-0.1, -0.05) is 24.3 Å². The summed E-state index contributed by atoms with van der Waals surface area (Å²) in [7, 11) is 0. The Bertz CT molecular complexity index is 565. The largest absolute Gasteiger partial charge is 0.393 e. The van der Waals surface area contributed by atoms with E-state index >= 15 is 0 Å². The molecule has 5 heteroatoms. The van der Waals surface area contributed by atoms with Gasteiger partial charge >= 0.3 is 0 Å². The van der Waals surface area contributed by atoms with Crippen molar-refractivity contribution in [3.63, 3.8) is 0 Å². The van der Waals surface area contributed by atoms with Crippen molar-refractivity contribution in [1.29, 1.82) is 0 Å². The summed E-state index contributed by atoms with van der Waals surface area (Å²) in [6, 6.07) is 8.05. The molecule has 1 saturated heterocycles. The van der Waals surface area contributed by atoms with Gasteiger partial charge in [0.15, 0.2) is 0 Å². The number of amides is 1. The maximum atomic E-state index is 12.4. The number of likely N-dealkylation sites (N-methyl/N-ethyl adjacent to an activating group) is 1. The molecule has 1 amide bonds. The third kappa shape index (κ3) is 4.99. The van der Waals surface area contributed by atoms with Gasteiger partial charge in [-0.15, -0.1) is 0 Å². The first-order chi connectivity index (χ1) is 11.5. The van der Waals surface area contributed by atoms with E-state index in [1.807, 2.05) is 32.0 Å². The average Bonchev–Trinajstić information content (AvgIpc) is 2.58. The van der Waals surface area contributed by atoms with Crippen LogP contribution in [0.15, 0.2) is 36.4 Å². The molecule has 5 nitrogen and oxygen atoms in total. The van der Waals surface area contributed by atoms with Crippen LogP contribution in [-0.2, 0) is 4.79 Å². The van der Waals surface area contributed by atoms with Crippen molar-refractivity contribution in [3.05, 3.63) is 36.4 Å². The highest BCUT2D eigenvalue weighted by Crippen LogP contribution is 2.28. The molecule has 132 valence electrons. The minimum Gasteiger partial charge on any atom is -0.393 e. The van der Waals surface area contributed by atoms with Gasteiger partial charge in [0.25, 0.3) is 0 Å². The molecule has 0 atom stereocenters. The first-order valence-corrected chi connectivity index (χ1v) is 8.69. The molecule has 0 spiro atoms. The second-order valence-corrected chi connectivity index (χ2v) is 6.45. The molecule has 1 heterocycles. The van der Waals surface area contributed by atoms with E-state index in [-0.39, 0.29) is 18.6 Å². The molecule has 2 N–H and O–H groups in total. The number of aliphatic hydroxyl groups is 1. The quantitative estimate of drug-likeness (QED) is 0.754. The van der Waals surface area contributed by atoms with Gasteiger partial charge in [-0.05, 0) is 38.8 Å². The van der Waals surface area contributed by atoms with Crippen LogP contribution in [0.25, 0.3) is 0 Å². The molecule has 0 aliphatic carbocycles. The first-order valence-electron chi connectivity index (χ1n) is 8.69. The predicted molar refractivity (Wildman–Crippen MR) is 99.5 cm³/mol. The number of nitrogens with one attached hydrogen (secondary N) is 1. The summed E-state index contributed by atoms with van der Waals surface area (Å²) in [6.45, 7) is 11.0. The zero-order chi connectivity index (χ0) is 17.5. The predicted octanol–water partition coefficient (Wildman–Crippen LogP) is 2.48. The van der Waals surface area contributed by atoms with Crippen molar-refractivity contribution in [2.75, 3.05) is 42.9 Å². The topological polar surface area (TPSA) is 55.8 Å². The Balaban J connectivity index is 2.00. The summed E-state index contributed by atoms with van der Waals surface area (Å²) in [5.41, 5.74) is 3.05. The van der Waals surface area contributed by atoms with Gasteiger partial charge in [-0.25, -0.2) is 0 Å². The van der Waals surface area contributed by atoms with Gasteiger partial charge in [0, 0.05) is 26.2 Å². The molecule has 0 aromatic heterocycles. The van der Waals surface area contributed by atoms with E-state index in [0.717, 1.165) is 42.9 Å². The molecule has 1 aromatic rings. The normalized spacial score (nSPS) is 15.2. The molecule has 1 aromatic carbocycles. The van der Waals surface area contributed by atoms with Crippen LogP contribution in [0.2, 0.25) is 0 Å². The van der Waals surface area contributed by atoms with Crippen LogP contribution in [-0.4, -0.2) is 54.7 Å². The Morgan fingerprint density at radius 1 is 1.38 bits per heavy atom. The number of hydrogen-bond acceptors (Lipinski definition) is 4. The summed E-state index contributed by atoms with van der Waals surface area (Å²) in [6.07, 6.45) is 1.38. The number of aliphatic hydroxyl groups excluding tert-OH is 1. The average molecular weight is 331 g/mol. The van der Waals surface area contributed by atoms with Crippen molar-refractivity contribution in [3.8, 4) is 0 Å². The van der Waals surface area contributed by atoms with Gasteiger partial charge in [-0.3, -0.25) is 4.79 Å². The molecule has 1 aliphatic rings. The molecule has 24 heavy (non-hydrogen) atoms. The van der Waals surface area contributed by atoms with E-state index in [2.05, 4.69) is 22.9 Å². The zero-order valence-electron chi connectivity index (χ0n) is 14.8. The number of benzene rings is 1. The Morgan fingerprint density at radius 2 is 2.04 bits per heavy atom. The van der Waals surface area contributed by atoms with E-state index in [0.29, 0.717) is 13.1 Å². The fraction of sp³-hybridized carbons (Fsp3) is 0.526. The van der Waals surface area contributed by atoms with Crippen molar-refractivity contribution in [1.82, 2.24) is 4.90 Å². The van der Waals surface area contributed by atoms with Crippen LogP contribution in [0.5, 0.6) is 0 Å². The molecule has 0 unspecified atom stereocenters. The molecular weight excluding hydrogens is 302 g/mol. The molecular formula is C19H29N3O2. The minimum atomic E-state index is -0.191. The Hall–Kier alpha value is -2.01. The van der Waals surface area contributed by atoms with Crippen LogP contribution in [0.4, 0.5) is 11.4 Å². The third-order valence-electron chi connectivity index (χ3n) is 4.33. The number of carbonyl (C=O) groups excluding carboxylic acids is 1. The molecule has 1 fully saturated rings. The number of nitrogens with zero attached hydrogens (tertiary/aromatic N) is 2. The standard InChI is InChI=1S/C19H29N3O2/c1-4-21(14-15(2)3)19(24)13-20-17-7-5-6-8-18(17)22-11-9-16(23)10-12-22/h5-8,16,20,23H,2,4,9-14H2,1,3H3. The maximum Gasteiger partial charge on any atom is 0.242 e. The third-order valence-corrected chi connectivity index (χ3v) is 4.33. The highest BCUT2D eigenvalue weighted by Gasteiger charge is 2.19. The second kappa shape index (κ2) is 8.73. The number of anilines is 2. The fourth-order valence-corrected chi connectivity index (χ4v) is 2.99. The van der Waals surface area contributed by atoms with Crippen molar-refractivity contribution in [2.45, 2.75) is 32.8 Å². The molecule has 0 radical (unpaired) electrons. The van der Waals surface area contributed by atoms with Gasteiger partial charge in [0.05, 0.1) is 24.0 Å². The van der Waals surface area contributed by atoms with Gasteiger partial charge in [-0.2, -0.15) is 0 Å². The molecule has 2 rings (SSSR count). The number of rotatable bonds is 7. The van der Waals surface area contributed by atoms with E-state index in [9.17, 15) is 9.90 Å². The SMILES string of the molecule is C=C(C)CN(CC)C(=O)CNc1ccccc1N1CCC(O)CC1. The summed E-state index contributed by atoms with van der Waals surface area (Å²) >= 11 is 0. The number of carbonyl (C=O) groups is 1. The maximum absolute atomic E-state index is 12.4. The van der Waals surface area contributed by atoms with E-state index in [4.69, 9.17) is 0 Å². The van der Waals surface area contributed by atoms with E-state index < -0.39 is 0 Å². The van der Waals surface area contributed by atoms with Crippen LogP contribution < -0.4 is 10.2 Å². The smallest absolute Gasteiger partial charge is 0.242 e. The summed E-state index contributed by atoms with van der Waals surface area (Å²) in [5.74, 6) is 0.0735. The lowest BCUT2D eigenvalue weighted by Crippen LogP contribution is -2.38. The Labute approximate surface area is 145 Å². The van der Waals surface area contributed by atoms with Gasteiger partial charge in [0.2, 0.25) is 5.91 Å². The van der Waals surface area contributed by atoms with Crippen molar-refractivity contribution < 1.29 is 9.90 Å². The lowest BCUT2D eigenvalue weighted by molar-refractivity contribution is -0.128. The van der Waals surface area contributed by atoms with E-state index in [1.165, 1.54) is 0 Å². The van der Waals surface area contributed by atoms with Gasteiger partial charge < -0.3 is 20.2 Å². The number of hydrogen-bond donors (Lipinski definition) is 2. The van der Waals surface area contributed by atoms with Crippen LogP contribution >= 0.6 is 0 Å². The van der Waals surface area contributed by atoms with Crippen LogP contribution in [0.1, 0.15) is 26.7 Å². The monoisotopic (exact) mass is 331 g/mol. The number of piperidine rings is 1. The Kier molecular flexibility index (Phi) is 6.67. The highest BCUT2D eigenvalue weighted by atomic mass is 16.3. The number of para-hydroxylation sites is 2. The second-order valence-electron chi connectivity index (χ2n) is 6.45. The molecule has 1 aliphatic heterocycles. The van der Waals surface area contributed by atoms with Crippen LogP contribution in [0, 0.1) is 0 Å². The first kappa shape index (κ1) is 18.3. The van der Waals surface area contributed by atoms with Crippen molar-refractivity contribution >= 4 is 17.3 Å². The lowest BCUT2D eigenvalue weighted by Gasteiger charge is -2.33. The zero-order valence-corrected chi connectivity index (χ0v) is 14.8. The van der Waals surface area contributed by atoms with Gasteiger partial charge in [0.1, 0.15) is 0 Å². The van der Waals surface area contributed by atoms with E-state index in [1.54, 1.807) is 4.90 Å². The van der Waals surface area contributed by atoms with Crippen LogP contribution in [0.3, 0.4) is 0 Å². The summed E-state index contributed by atoms with van der Waals surface area (Å²) < 4.78 is 0. The Morgan fingerprint density at radius 3 is 2.67 bits per heavy atom. The molecule has 0 saturated carbocycles. The highest BCUT2D eigenvalue weighted by molar-refractivity contribution is 5.83. The molecule has 0 bridgehead atoms.